The number of Topliss-reactive ketones (excluding diaryl/α,β-unsaturated/α-hetero) is 1. The summed E-state index contributed by atoms with van der Waals surface area (Å²) in [6.45, 7) is 1.96. The van der Waals surface area contributed by atoms with E-state index in [4.69, 9.17) is 11.6 Å². The van der Waals surface area contributed by atoms with E-state index in [0.717, 1.165) is 21.3 Å². The molecule has 0 N–H and O–H groups in total. The van der Waals surface area contributed by atoms with Crippen molar-refractivity contribution in [1.29, 1.82) is 0 Å². The lowest BCUT2D eigenvalue weighted by Crippen LogP contribution is -2.05. The molecule has 7 heteroatoms. The van der Waals surface area contributed by atoms with Gasteiger partial charge in [-0.05, 0) is 42.8 Å². The van der Waals surface area contributed by atoms with Crippen molar-refractivity contribution in [3.8, 4) is 17.1 Å². The van der Waals surface area contributed by atoms with Crippen molar-refractivity contribution in [2.75, 3.05) is 5.75 Å². The van der Waals surface area contributed by atoms with Gasteiger partial charge in [-0.15, -0.1) is 10.2 Å². The smallest absolute Gasteiger partial charge is 0.196 e. The van der Waals surface area contributed by atoms with Crippen molar-refractivity contribution in [3.05, 3.63) is 93.4 Å². The molecule has 0 aliphatic rings. The molecule has 3 aromatic carbocycles. The second-order valence-electron chi connectivity index (χ2n) is 6.66. The molecule has 0 spiro atoms. The highest BCUT2D eigenvalue weighted by molar-refractivity contribution is 9.10. The number of para-hydroxylation sites is 1. The Morgan fingerprint density at radius 2 is 1.77 bits per heavy atom. The molecule has 4 nitrogen and oxygen atoms in total. The third-order valence-electron chi connectivity index (χ3n) is 4.58. The van der Waals surface area contributed by atoms with Crippen LogP contribution in [0.15, 0.2) is 82.4 Å². The second kappa shape index (κ2) is 9.16. The Bertz CT molecular complexity index is 1190. The summed E-state index contributed by atoms with van der Waals surface area (Å²) in [4.78, 5) is 12.6. The summed E-state index contributed by atoms with van der Waals surface area (Å²) in [6, 6.07) is 23.0. The van der Waals surface area contributed by atoms with Gasteiger partial charge < -0.3 is 0 Å². The molecule has 0 aliphatic heterocycles. The van der Waals surface area contributed by atoms with Crippen LogP contribution in [0, 0.1) is 6.92 Å². The molecular weight excluding hydrogens is 482 g/mol. The van der Waals surface area contributed by atoms with E-state index in [1.807, 2.05) is 84.3 Å². The number of nitrogens with zero attached hydrogens (tertiary/aromatic N) is 3. The number of benzene rings is 3. The predicted octanol–water partition coefficient (Wildman–Crippen LogP) is 6.63. The molecule has 0 radical (unpaired) electrons. The topological polar surface area (TPSA) is 47.8 Å². The van der Waals surface area contributed by atoms with E-state index in [1.165, 1.54) is 11.8 Å². The van der Waals surface area contributed by atoms with E-state index in [-0.39, 0.29) is 11.5 Å². The van der Waals surface area contributed by atoms with E-state index in [2.05, 4.69) is 26.1 Å². The largest absolute Gasteiger partial charge is 0.293 e. The summed E-state index contributed by atoms with van der Waals surface area (Å²) in [6.07, 6.45) is 0. The lowest BCUT2D eigenvalue weighted by Gasteiger charge is -2.11. The zero-order valence-electron chi connectivity index (χ0n) is 16.0. The highest BCUT2D eigenvalue weighted by Crippen LogP contribution is 2.30. The fourth-order valence-electron chi connectivity index (χ4n) is 2.94. The van der Waals surface area contributed by atoms with Gasteiger partial charge in [0.15, 0.2) is 16.8 Å². The van der Waals surface area contributed by atoms with E-state index in [1.54, 1.807) is 0 Å². The average molecular weight is 499 g/mol. The Labute approximate surface area is 192 Å². The van der Waals surface area contributed by atoms with Gasteiger partial charge in [-0.2, -0.15) is 0 Å². The van der Waals surface area contributed by atoms with Crippen molar-refractivity contribution < 1.29 is 4.79 Å². The Hall–Kier alpha value is -2.41. The number of ketones is 1. The van der Waals surface area contributed by atoms with E-state index < -0.39 is 0 Å². The molecule has 4 aromatic rings. The first-order chi connectivity index (χ1) is 14.5. The standard InChI is InChI=1S/C23H17BrClN3OS/c1-15-7-8-17(13-20(15)25)22-26-27-23(28(22)19-5-3-2-4-6-19)30-14-21(29)16-9-11-18(24)12-10-16/h2-13H,14H2,1H3. The normalized spacial score (nSPS) is 10.9. The molecule has 0 unspecified atom stereocenters. The molecule has 0 aliphatic carbocycles. The monoisotopic (exact) mass is 497 g/mol. The molecule has 4 rings (SSSR count). The van der Waals surface area contributed by atoms with Crippen molar-refractivity contribution in [3.63, 3.8) is 0 Å². The number of halogens is 2. The van der Waals surface area contributed by atoms with Crippen LogP contribution in [0.1, 0.15) is 15.9 Å². The summed E-state index contributed by atoms with van der Waals surface area (Å²) in [7, 11) is 0. The van der Waals surface area contributed by atoms with Gasteiger partial charge in [-0.3, -0.25) is 9.36 Å². The lowest BCUT2D eigenvalue weighted by atomic mass is 10.1. The van der Waals surface area contributed by atoms with Gasteiger partial charge in [0.05, 0.1) is 5.75 Å². The van der Waals surface area contributed by atoms with Crippen LogP contribution in [0.4, 0.5) is 0 Å². The first-order valence-corrected chi connectivity index (χ1v) is 11.4. The average Bonchev–Trinajstić information content (AvgIpc) is 3.19. The molecule has 30 heavy (non-hydrogen) atoms. The number of aryl methyl sites for hydroxylation is 1. The molecule has 0 amide bonds. The summed E-state index contributed by atoms with van der Waals surface area (Å²) in [5.41, 5.74) is 3.46. The zero-order valence-corrected chi connectivity index (χ0v) is 19.2. The van der Waals surface area contributed by atoms with Crippen LogP contribution in [0.25, 0.3) is 17.1 Å². The minimum absolute atomic E-state index is 0.0371. The molecule has 1 aromatic heterocycles. The number of rotatable bonds is 6. The molecule has 150 valence electrons. The zero-order chi connectivity index (χ0) is 21.1. The van der Waals surface area contributed by atoms with Gasteiger partial charge in [0, 0.05) is 26.3 Å². The summed E-state index contributed by atoms with van der Waals surface area (Å²) in [5.74, 6) is 0.984. The molecular formula is C23H17BrClN3OS. The van der Waals surface area contributed by atoms with Crippen LogP contribution < -0.4 is 0 Å². The summed E-state index contributed by atoms with van der Waals surface area (Å²) < 4.78 is 2.90. The third kappa shape index (κ3) is 4.51. The molecule has 0 saturated heterocycles. The fraction of sp³-hybridized carbons (Fsp3) is 0.0870. The number of carbonyl (C=O) groups is 1. The van der Waals surface area contributed by atoms with Gasteiger partial charge in [0.25, 0.3) is 0 Å². The summed E-state index contributed by atoms with van der Waals surface area (Å²) >= 11 is 11.1. The van der Waals surface area contributed by atoms with E-state index in [9.17, 15) is 4.79 Å². The Kier molecular flexibility index (Phi) is 6.37. The minimum Gasteiger partial charge on any atom is -0.293 e. The predicted molar refractivity (Wildman–Crippen MR) is 126 cm³/mol. The van der Waals surface area contributed by atoms with Crippen molar-refractivity contribution in [1.82, 2.24) is 14.8 Å². The van der Waals surface area contributed by atoms with Crippen molar-refractivity contribution in [2.45, 2.75) is 12.1 Å². The third-order valence-corrected chi connectivity index (χ3v) is 6.44. The fourth-order valence-corrected chi connectivity index (χ4v) is 4.23. The van der Waals surface area contributed by atoms with Gasteiger partial charge in [-0.25, -0.2) is 0 Å². The maximum Gasteiger partial charge on any atom is 0.196 e. The molecule has 0 saturated carbocycles. The van der Waals surface area contributed by atoms with Crippen LogP contribution in [-0.2, 0) is 0 Å². The van der Waals surface area contributed by atoms with Crippen LogP contribution in [-0.4, -0.2) is 26.3 Å². The first-order valence-electron chi connectivity index (χ1n) is 9.22. The van der Waals surface area contributed by atoms with Crippen molar-refractivity contribution in [2.24, 2.45) is 0 Å². The minimum atomic E-state index is 0.0371. The quantitative estimate of drug-likeness (QED) is 0.221. The molecule has 0 fully saturated rings. The maximum absolute atomic E-state index is 12.6. The van der Waals surface area contributed by atoms with E-state index >= 15 is 0 Å². The van der Waals surface area contributed by atoms with Crippen LogP contribution in [0.2, 0.25) is 5.02 Å². The number of aromatic nitrogens is 3. The van der Waals surface area contributed by atoms with Gasteiger partial charge in [0.2, 0.25) is 0 Å². The molecule has 1 heterocycles. The van der Waals surface area contributed by atoms with Crippen LogP contribution in [0.3, 0.4) is 0 Å². The van der Waals surface area contributed by atoms with Crippen LogP contribution in [0.5, 0.6) is 0 Å². The lowest BCUT2D eigenvalue weighted by molar-refractivity contribution is 0.102. The highest BCUT2D eigenvalue weighted by Gasteiger charge is 2.18. The van der Waals surface area contributed by atoms with Crippen LogP contribution >= 0.6 is 39.3 Å². The second-order valence-corrected chi connectivity index (χ2v) is 8.93. The number of thioether (sulfide) groups is 1. The maximum atomic E-state index is 12.6. The Balaban J connectivity index is 1.68. The SMILES string of the molecule is Cc1ccc(-c2nnc(SCC(=O)c3ccc(Br)cc3)n2-c2ccccc2)cc1Cl. The van der Waals surface area contributed by atoms with Gasteiger partial charge in [0.1, 0.15) is 0 Å². The van der Waals surface area contributed by atoms with E-state index in [0.29, 0.717) is 21.6 Å². The van der Waals surface area contributed by atoms with Crippen molar-refractivity contribution >= 4 is 45.1 Å². The van der Waals surface area contributed by atoms with Gasteiger partial charge in [-0.1, -0.05) is 81.8 Å². The first kappa shape index (κ1) is 20.8. The Morgan fingerprint density at radius 3 is 2.47 bits per heavy atom. The highest BCUT2D eigenvalue weighted by atomic mass is 79.9. The summed E-state index contributed by atoms with van der Waals surface area (Å²) in [5, 5.41) is 10.1. The van der Waals surface area contributed by atoms with Gasteiger partial charge >= 0.3 is 0 Å². The molecule has 0 atom stereocenters. The Morgan fingerprint density at radius 1 is 1.03 bits per heavy atom. The molecule has 0 bridgehead atoms. The number of carbonyl (C=O) groups excluding carboxylic acids is 1. The number of hydrogen-bond donors (Lipinski definition) is 0. The number of hydrogen-bond acceptors (Lipinski definition) is 4.